The van der Waals surface area contributed by atoms with Gasteiger partial charge in [-0.15, -0.1) is 13.2 Å². The molecular formula is C8H7F3N4O. The predicted molar refractivity (Wildman–Crippen MR) is 49.1 cm³/mol. The molecule has 1 aromatic rings. The van der Waals surface area contributed by atoms with Gasteiger partial charge in [0.15, 0.2) is 5.75 Å². The third-order valence-electron chi connectivity index (χ3n) is 1.66. The van der Waals surface area contributed by atoms with Gasteiger partial charge >= 0.3 is 6.36 Å². The zero-order valence-corrected chi connectivity index (χ0v) is 7.88. The summed E-state index contributed by atoms with van der Waals surface area (Å²) in [7, 11) is 0. The van der Waals surface area contributed by atoms with Gasteiger partial charge in [0.1, 0.15) is 11.5 Å². The SMILES string of the molecule is N#CCc1cnc(N)c(N)c1OC(F)(F)F. The van der Waals surface area contributed by atoms with E-state index in [1.807, 2.05) is 0 Å². The van der Waals surface area contributed by atoms with Crippen LogP contribution in [0.1, 0.15) is 5.56 Å². The van der Waals surface area contributed by atoms with Gasteiger partial charge in [-0.1, -0.05) is 0 Å². The average Bonchev–Trinajstić information content (AvgIpc) is 2.16. The Balaban J connectivity index is 3.22. The lowest BCUT2D eigenvalue weighted by Gasteiger charge is -2.14. The fraction of sp³-hybridized carbons (Fsp3) is 0.250. The van der Waals surface area contributed by atoms with Crippen molar-refractivity contribution in [2.45, 2.75) is 12.8 Å². The smallest absolute Gasteiger partial charge is 0.403 e. The van der Waals surface area contributed by atoms with Crippen LogP contribution in [0.4, 0.5) is 24.7 Å². The highest BCUT2D eigenvalue weighted by Crippen LogP contribution is 2.34. The van der Waals surface area contributed by atoms with Crippen molar-refractivity contribution in [3.8, 4) is 11.8 Å². The van der Waals surface area contributed by atoms with Crippen LogP contribution in [-0.4, -0.2) is 11.3 Å². The summed E-state index contributed by atoms with van der Waals surface area (Å²) in [5, 5.41) is 8.42. The van der Waals surface area contributed by atoms with E-state index in [4.69, 9.17) is 16.7 Å². The van der Waals surface area contributed by atoms with Crippen molar-refractivity contribution in [1.82, 2.24) is 4.98 Å². The van der Waals surface area contributed by atoms with Crippen LogP contribution in [0.15, 0.2) is 6.20 Å². The molecule has 0 atom stereocenters. The van der Waals surface area contributed by atoms with E-state index in [0.29, 0.717) is 0 Å². The summed E-state index contributed by atoms with van der Waals surface area (Å²) in [5.74, 6) is -0.942. The van der Waals surface area contributed by atoms with Gasteiger partial charge in [-0.3, -0.25) is 0 Å². The Morgan fingerprint density at radius 3 is 2.56 bits per heavy atom. The number of nitriles is 1. The number of rotatable bonds is 2. The van der Waals surface area contributed by atoms with Crippen molar-refractivity contribution < 1.29 is 17.9 Å². The van der Waals surface area contributed by atoms with Gasteiger partial charge < -0.3 is 16.2 Å². The second kappa shape index (κ2) is 4.14. The summed E-state index contributed by atoms with van der Waals surface area (Å²) in [6.07, 6.45) is -4.18. The number of hydrogen-bond donors (Lipinski definition) is 2. The molecule has 1 heterocycles. The molecule has 16 heavy (non-hydrogen) atoms. The first-order valence-corrected chi connectivity index (χ1v) is 4.00. The number of nitrogens with two attached hydrogens (primary N) is 2. The Kier molecular flexibility index (Phi) is 3.08. The Morgan fingerprint density at radius 1 is 1.44 bits per heavy atom. The maximum Gasteiger partial charge on any atom is 0.573 e. The third kappa shape index (κ3) is 2.66. The highest BCUT2D eigenvalue weighted by molar-refractivity contribution is 5.69. The number of halogens is 3. The Morgan fingerprint density at radius 2 is 2.06 bits per heavy atom. The zero-order chi connectivity index (χ0) is 12.3. The van der Waals surface area contributed by atoms with Gasteiger partial charge in [0.25, 0.3) is 0 Å². The van der Waals surface area contributed by atoms with Gasteiger partial charge in [-0.05, 0) is 0 Å². The molecule has 0 fully saturated rings. The summed E-state index contributed by atoms with van der Waals surface area (Å²) in [5.41, 5.74) is 10.0. The Bertz CT molecular complexity index is 438. The van der Waals surface area contributed by atoms with Crippen LogP contribution in [0.2, 0.25) is 0 Å². The molecule has 0 unspecified atom stereocenters. The quantitative estimate of drug-likeness (QED) is 0.798. The van der Waals surface area contributed by atoms with Gasteiger partial charge in [-0.25, -0.2) is 4.98 Å². The minimum absolute atomic E-state index is 0.0634. The fourth-order valence-corrected chi connectivity index (χ4v) is 1.01. The van der Waals surface area contributed by atoms with Crippen molar-refractivity contribution in [2.75, 3.05) is 11.5 Å². The normalized spacial score (nSPS) is 10.9. The van der Waals surface area contributed by atoms with Crippen LogP contribution in [0.25, 0.3) is 0 Å². The van der Waals surface area contributed by atoms with Crippen LogP contribution in [0.5, 0.6) is 5.75 Å². The molecule has 0 bridgehead atoms. The van der Waals surface area contributed by atoms with E-state index in [2.05, 4.69) is 9.72 Å². The molecular weight excluding hydrogens is 225 g/mol. The predicted octanol–water partition coefficient (Wildman–Crippen LogP) is 1.21. The summed E-state index contributed by atoms with van der Waals surface area (Å²) in [6.45, 7) is 0. The van der Waals surface area contributed by atoms with E-state index in [9.17, 15) is 13.2 Å². The zero-order valence-electron chi connectivity index (χ0n) is 7.88. The molecule has 0 amide bonds. The van der Waals surface area contributed by atoms with Crippen LogP contribution in [0.3, 0.4) is 0 Å². The minimum atomic E-state index is -4.90. The maximum atomic E-state index is 12.1. The highest BCUT2D eigenvalue weighted by Gasteiger charge is 2.33. The molecule has 8 heteroatoms. The first-order valence-electron chi connectivity index (χ1n) is 4.00. The van der Waals surface area contributed by atoms with Crippen LogP contribution >= 0.6 is 0 Å². The molecule has 0 radical (unpaired) electrons. The van der Waals surface area contributed by atoms with Gasteiger partial charge in [0.2, 0.25) is 0 Å². The number of anilines is 2. The molecule has 0 aliphatic rings. The molecule has 0 aromatic carbocycles. The lowest BCUT2D eigenvalue weighted by atomic mass is 10.2. The molecule has 1 aromatic heterocycles. The Hall–Kier alpha value is -2.17. The largest absolute Gasteiger partial charge is 0.573 e. The summed E-state index contributed by atoms with van der Waals surface area (Å²) in [4.78, 5) is 3.54. The topological polar surface area (TPSA) is 98.0 Å². The van der Waals surface area contributed by atoms with E-state index in [-0.39, 0.29) is 17.8 Å². The molecule has 1 rings (SSSR count). The number of ether oxygens (including phenoxy) is 1. The van der Waals surface area contributed by atoms with Crippen LogP contribution in [-0.2, 0) is 6.42 Å². The van der Waals surface area contributed by atoms with Crippen LogP contribution < -0.4 is 16.2 Å². The lowest BCUT2D eigenvalue weighted by Crippen LogP contribution is -2.20. The second-order valence-electron chi connectivity index (χ2n) is 2.79. The first kappa shape index (κ1) is 11.9. The third-order valence-corrected chi connectivity index (χ3v) is 1.66. The standard InChI is InChI=1S/C8H7F3N4O/c9-8(10,11)16-6-4(1-2-12)3-15-7(14)5(6)13/h3H,1,13H2,(H2,14,15). The van der Waals surface area contributed by atoms with E-state index in [1.54, 1.807) is 6.07 Å². The molecule has 0 aliphatic carbocycles. The monoisotopic (exact) mass is 232 g/mol. The van der Waals surface area contributed by atoms with Crippen molar-refractivity contribution >= 4 is 11.5 Å². The van der Waals surface area contributed by atoms with Gasteiger partial charge in [-0.2, -0.15) is 5.26 Å². The van der Waals surface area contributed by atoms with Gasteiger partial charge in [0.05, 0.1) is 12.5 Å². The molecule has 0 saturated heterocycles. The van der Waals surface area contributed by atoms with Crippen LogP contribution in [0, 0.1) is 11.3 Å². The van der Waals surface area contributed by atoms with E-state index in [1.165, 1.54) is 0 Å². The summed E-state index contributed by atoms with van der Waals surface area (Å²) < 4.78 is 39.9. The molecule has 86 valence electrons. The van der Waals surface area contributed by atoms with Crippen molar-refractivity contribution in [3.05, 3.63) is 11.8 Å². The molecule has 4 N–H and O–H groups in total. The highest BCUT2D eigenvalue weighted by atomic mass is 19.4. The number of nitrogen functional groups attached to an aromatic ring is 2. The van der Waals surface area contributed by atoms with Gasteiger partial charge in [0, 0.05) is 11.8 Å². The Labute approximate surface area is 88.4 Å². The van der Waals surface area contributed by atoms with Crippen molar-refractivity contribution in [1.29, 1.82) is 5.26 Å². The number of aromatic nitrogens is 1. The molecule has 0 aliphatic heterocycles. The van der Waals surface area contributed by atoms with Crippen molar-refractivity contribution in [3.63, 3.8) is 0 Å². The minimum Gasteiger partial charge on any atom is -0.403 e. The summed E-state index contributed by atoms with van der Waals surface area (Å²) >= 11 is 0. The molecule has 0 spiro atoms. The fourth-order valence-electron chi connectivity index (χ4n) is 1.01. The molecule has 5 nitrogen and oxygen atoms in total. The van der Waals surface area contributed by atoms with Crippen molar-refractivity contribution in [2.24, 2.45) is 0 Å². The number of nitrogens with zero attached hydrogens (tertiary/aromatic N) is 2. The number of hydrogen-bond acceptors (Lipinski definition) is 5. The average molecular weight is 232 g/mol. The lowest BCUT2D eigenvalue weighted by molar-refractivity contribution is -0.274. The maximum absolute atomic E-state index is 12.1. The first-order chi connectivity index (χ1) is 7.35. The summed E-state index contributed by atoms with van der Waals surface area (Å²) in [6, 6.07) is 1.67. The number of pyridine rings is 1. The molecule has 0 saturated carbocycles. The number of alkyl halides is 3. The van der Waals surface area contributed by atoms with E-state index >= 15 is 0 Å². The second-order valence-corrected chi connectivity index (χ2v) is 2.79. The van der Waals surface area contributed by atoms with E-state index < -0.39 is 17.8 Å². The van der Waals surface area contributed by atoms with E-state index in [0.717, 1.165) is 6.20 Å².